The first-order valence-electron chi connectivity index (χ1n) is 9.58. The van der Waals surface area contributed by atoms with E-state index in [0.29, 0.717) is 19.6 Å². The molecule has 6 nitrogen and oxygen atoms in total. The highest BCUT2D eigenvalue weighted by Gasteiger charge is 2.44. The largest absolute Gasteiger partial charge is 0.486 e. The van der Waals surface area contributed by atoms with Crippen LogP contribution in [-0.4, -0.2) is 30.2 Å². The van der Waals surface area contributed by atoms with E-state index in [9.17, 15) is 9.59 Å². The molecule has 1 aliphatic heterocycles. The first kappa shape index (κ1) is 18.3. The van der Waals surface area contributed by atoms with E-state index in [0.717, 1.165) is 29.0 Å². The molecule has 0 saturated heterocycles. The minimum absolute atomic E-state index is 0.0100. The summed E-state index contributed by atoms with van der Waals surface area (Å²) in [4.78, 5) is 23.8. The summed E-state index contributed by atoms with van der Waals surface area (Å²) in [5.41, 5.74) is 2.00. The number of carbonyl (C=O) groups excluding carboxylic acids is 1. The van der Waals surface area contributed by atoms with Gasteiger partial charge in [-0.1, -0.05) is 36.4 Å². The van der Waals surface area contributed by atoms with Gasteiger partial charge in [-0.15, -0.1) is 0 Å². The molecule has 1 heterocycles. The van der Waals surface area contributed by atoms with Crippen molar-refractivity contribution in [3.05, 3.63) is 59.7 Å². The molecule has 2 aromatic rings. The summed E-state index contributed by atoms with van der Waals surface area (Å²) in [6.07, 6.45) is 1.16. The van der Waals surface area contributed by atoms with Crippen LogP contribution in [0.5, 0.6) is 11.5 Å². The fourth-order valence-corrected chi connectivity index (χ4v) is 3.70. The second-order valence-corrected chi connectivity index (χ2v) is 7.26. The van der Waals surface area contributed by atoms with Crippen molar-refractivity contribution in [3.8, 4) is 11.5 Å². The van der Waals surface area contributed by atoms with E-state index in [4.69, 9.17) is 14.6 Å². The Kier molecular flexibility index (Phi) is 5.19. The van der Waals surface area contributed by atoms with E-state index < -0.39 is 5.97 Å². The summed E-state index contributed by atoms with van der Waals surface area (Å²) < 4.78 is 11.2. The number of ether oxygens (including phenoxy) is 2. The Balaban J connectivity index is 1.42. The quantitative estimate of drug-likeness (QED) is 0.769. The van der Waals surface area contributed by atoms with Gasteiger partial charge < -0.3 is 19.9 Å². The van der Waals surface area contributed by atoms with Crippen LogP contribution in [0.1, 0.15) is 42.3 Å². The van der Waals surface area contributed by atoms with Gasteiger partial charge in [-0.05, 0) is 42.0 Å². The van der Waals surface area contributed by atoms with Crippen LogP contribution < -0.4 is 14.8 Å². The van der Waals surface area contributed by atoms with Gasteiger partial charge >= 0.3 is 5.97 Å². The third-order valence-corrected chi connectivity index (χ3v) is 5.29. The minimum Gasteiger partial charge on any atom is -0.486 e. The summed E-state index contributed by atoms with van der Waals surface area (Å²) in [6, 6.07) is 15.1. The smallest absolute Gasteiger partial charge is 0.303 e. The van der Waals surface area contributed by atoms with Gasteiger partial charge in [0.1, 0.15) is 13.2 Å². The zero-order valence-electron chi connectivity index (χ0n) is 15.5. The maximum absolute atomic E-state index is 12.8. The van der Waals surface area contributed by atoms with E-state index in [1.807, 2.05) is 48.5 Å². The number of aliphatic carboxylic acids is 1. The number of carboxylic acid groups (broad SMARTS) is 1. The van der Waals surface area contributed by atoms with Gasteiger partial charge in [0.25, 0.3) is 0 Å². The van der Waals surface area contributed by atoms with Crippen LogP contribution in [0.15, 0.2) is 48.5 Å². The highest BCUT2D eigenvalue weighted by atomic mass is 16.6. The SMILES string of the molecule is O=C(O)CCC(NC(=O)C1CC1c1ccc2c(c1)OCCO2)c1ccccc1. The van der Waals surface area contributed by atoms with Gasteiger partial charge in [-0.3, -0.25) is 9.59 Å². The van der Waals surface area contributed by atoms with E-state index in [2.05, 4.69) is 5.32 Å². The Morgan fingerprint density at radius 1 is 1.07 bits per heavy atom. The van der Waals surface area contributed by atoms with Crippen LogP contribution in [0.4, 0.5) is 0 Å². The Morgan fingerprint density at radius 2 is 1.82 bits per heavy atom. The topological polar surface area (TPSA) is 84.9 Å². The molecule has 1 aliphatic carbocycles. The lowest BCUT2D eigenvalue weighted by Gasteiger charge is -2.19. The van der Waals surface area contributed by atoms with Crippen molar-refractivity contribution in [2.45, 2.75) is 31.2 Å². The van der Waals surface area contributed by atoms with Crippen LogP contribution in [-0.2, 0) is 9.59 Å². The monoisotopic (exact) mass is 381 g/mol. The number of carboxylic acids is 1. The second kappa shape index (κ2) is 7.92. The molecule has 0 radical (unpaired) electrons. The molecular weight excluding hydrogens is 358 g/mol. The first-order chi connectivity index (χ1) is 13.6. The molecule has 1 amide bonds. The number of benzene rings is 2. The van der Waals surface area contributed by atoms with E-state index in [-0.39, 0.29) is 30.2 Å². The molecular formula is C22H23NO5. The lowest BCUT2D eigenvalue weighted by Crippen LogP contribution is -2.30. The van der Waals surface area contributed by atoms with Gasteiger partial charge in [0, 0.05) is 12.3 Å². The summed E-state index contributed by atoms with van der Waals surface area (Å²) in [6.45, 7) is 1.09. The normalized spacial score (nSPS) is 20.9. The van der Waals surface area contributed by atoms with E-state index >= 15 is 0 Å². The van der Waals surface area contributed by atoms with Crippen molar-refractivity contribution in [1.82, 2.24) is 5.32 Å². The Labute approximate surface area is 163 Å². The van der Waals surface area contributed by atoms with E-state index in [1.54, 1.807) is 0 Å². The van der Waals surface area contributed by atoms with Gasteiger partial charge in [0.15, 0.2) is 11.5 Å². The maximum Gasteiger partial charge on any atom is 0.303 e. The number of rotatable bonds is 7. The molecule has 0 bridgehead atoms. The van der Waals surface area contributed by atoms with Crippen LogP contribution in [0, 0.1) is 5.92 Å². The zero-order valence-corrected chi connectivity index (χ0v) is 15.5. The Hall–Kier alpha value is -3.02. The van der Waals surface area contributed by atoms with Gasteiger partial charge in [-0.25, -0.2) is 0 Å². The minimum atomic E-state index is -0.865. The van der Waals surface area contributed by atoms with Crippen molar-refractivity contribution in [1.29, 1.82) is 0 Å². The lowest BCUT2D eigenvalue weighted by atomic mass is 10.0. The average Bonchev–Trinajstić information content (AvgIpc) is 3.52. The Morgan fingerprint density at radius 3 is 2.57 bits per heavy atom. The fraction of sp³-hybridized carbons (Fsp3) is 0.364. The first-order valence-corrected chi connectivity index (χ1v) is 9.58. The number of amides is 1. The van der Waals surface area contributed by atoms with Crippen LogP contribution >= 0.6 is 0 Å². The van der Waals surface area contributed by atoms with Crippen molar-refractivity contribution in [2.75, 3.05) is 13.2 Å². The van der Waals surface area contributed by atoms with Gasteiger partial charge in [0.05, 0.1) is 6.04 Å². The molecule has 1 fully saturated rings. The molecule has 1 saturated carbocycles. The molecule has 3 unspecified atom stereocenters. The van der Waals surface area contributed by atoms with E-state index in [1.165, 1.54) is 0 Å². The molecule has 2 aliphatic rings. The predicted octanol–water partition coefficient (Wildman–Crippen LogP) is 3.28. The average molecular weight is 381 g/mol. The third kappa shape index (κ3) is 4.11. The summed E-state index contributed by atoms with van der Waals surface area (Å²) >= 11 is 0. The summed E-state index contributed by atoms with van der Waals surface area (Å²) in [7, 11) is 0. The molecule has 0 spiro atoms. The standard InChI is InChI=1S/C22H23NO5/c24-21(25)9-7-18(14-4-2-1-3-5-14)23-22(26)17-13-16(17)15-6-8-19-20(12-15)28-11-10-27-19/h1-6,8,12,16-18H,7,9-11,13H2,(H,23,26)(H,24,25). The fourth-order valence-electron chi connectivity index (χ4n) is 3.70. The molecule has 146 valence electrons. The number of hydrogen-bond donors (Lipinski definition) is 2. The number of fused-ring (bicyclic) bond motifs is 1. The molecule has 28 heavy (non-hydrogen) atoms. The van der Waals surface area contributed by atoms with Gasteiger partial charge in [-0.2, -0.15) is 0 Å². The Bertz CT molecular complexity index is 866. The number of nitrogens with one attached hydrogen (secondary N) is 1. The van der Waals surface area contributed by atoms with Crippen molar-refractivity contribution < 1.29 is 24.2 Å². The van der Waals surface area contributed by atoms with Crippen LogP contribution in [0.3, 0.4) is 0 Å². The summed E-state index contributed by atoms with van der Waals surface area (Å²) in [5.74, 6) is 0.646. The molecule has 4 rings (SSSR count). The van der Waals surface area contributed by atoms with Crippen LogP contribution in [0.2, 0.25) is 0 Å². The number of hydrogen-bond acceptors (Lipinski definition) is 4. The molecule has 3 atom stereocenters. The maximum atomic E-state index is 12.8. The molecule has 2 aromatic carbocycles. The van der Waals surface area contributed by atoms with Crippen molar-refractivity contribution in [2.24, 2.45) is 5.92 Å². The molecule has 2 N–H and O–H groups in total. The highest BCUT2D eigenvalue weighted by Crippen LogP contribution is 2.49. The summed E-state index contributed by atoms with van der Waals surface area (Å²) in [5, 5.41) is 12.1. The predicted molar refractivity (Wildman–Crippen MR) is 102 cm³/mol. The van der Waals surface area contributed by atoms with Crippen molar-refractivity contribution >= 4 is 11.9 Å². The van der Waals surface area contributed by atoms with Crippen LogP contribution in [0.25, 0.3) is 0 Å². The molecule has 6 heteroatoms. The number of carbonyl (C=O) groups is 2. The second-order valence-electron chi connectivity index (χ2n) is 7.26. The lowest BCUT2D eigenvalue weighted by molar-refractivity contribution is -0.137. The zero-order chi connectivity index (χ0) is 19.5. The van der Waals surface area contributed by atoms with Crippen molar-refractivity contribution in [3.63, 3.8) is 0 Å². The molecule has 0 aromatic heterocycles. The third-order valence-electron chi connectivity index (χ3n) is 5.29. The van der Waals surface area contributed by atoms with Gasteiger partial charge in [0.2, 0.25) is 5.91 Å². The highest BCUT2D eigenvalue weighted by molar-refractivity contribution is 5.83.